The summed E-state index contributed by atoms with van der Waals surface area (Å²) in [5.41, 5.74) is 5.75. The predicted molar refractivity (Wildman–Crippen MR) is 110 cm³/mol. The van der Waals surface area contributed by atoms with E-state index < -0.39 is 11.9 Å². The van der Waals surface area contributed by atoms with Gasteiger partial charge in [-0.1, -0.05) is 23.7 Å². The number of hydrogen-bond donors (Lipinski definition) is 3. The summed E-state index contributed by atoms with van der Waals surface area (Å²) in [7, 11) is 0. The number of anilines is 1. The summed E-state index contributed by atoms with van der Waals surface area (Å²) in [6, 6.07) is 9.66. The molecule has 1 aromatic carbocycles. The van der Waals surface area contributed by atoms with Gasteiger partial charge in [0.15, 0.2) is 5.78 Å². The number of carbonyl (C=O) groups excluding carboxylic acids is 3. The first-order valence-electron chi connectivity index (χ1n) is 8.62. The van der Waals surface area contributed by atoms with Gasteiger partial charge in [-0.3, -0.25) is 19.9 Å². The monoisotopic (exact) mass is 418 g/mol. The van der Waals surface area contributed by atoms with E-state index in [1.807, 2.05) is 22.4 Å². The maximum atomic E-state index is 12.3. The van der Waals surface area contributed by atoms with Gasteiger partial charge in [0.1, 0.15) is 0 Å². The lowest BCUT2D eigenvalue weighted by molar-refractivity contribution is -0.118. The van der Waals surface area contributed by atoms with Crippen molar-refractivity contribution in [1.82, 2.24) is 15.8 Å². The summed E-state index contributed by atoms with van der Waals surface area (Å²) in [5.74, 6) is -0.364. The number of urea groups is 1. The van der Waals surface area contributed by atoms with Crippen molar-refractivity contribution in [3.05, 3.63) is 63.3 Å². The smallest absolute Gasteiger partial charge is 0.307 e. The molecule has 1 aliphatic heterocycles. The molecule has 3 N–H and O–H groups in total. The lowest BCUT2D eigenvalue weighted by Crippen LogP contribution is -2.46. The minimum Gasteiger partial charge on any atom is -0.307 e. The van der Waals surface area contributed by atoms with Crippen LogP contribution in [0.2, 0.25) is 5.02 Å². The summed E-state index contributed by atoms with van der Waals surface area (Å²) in [6.45, 7) is 1.32. The Balaban J connectivity index is 1.46. The molecule has 3 rings (SSSR count). The molecule has 0 radical (unpaired) electrons. The molecule has 1 aliphatic rings. The minimum atomic E-state index is -0.572. The van der Waals surface area contributed by atoms with Crippen LogP contribution in [0.1, 0.15) is 16.1 Å². The van der Waals surface area contributed by atoms with Gasteiger partial charge in [0.25, 0.3) is 5.91 Å². The molecule has 0 unspecified atom stereocenters. The Labute approximate surface area is 171 Å². The Morgan fingerprint density at radius 3 is 2.61 bits per heavy atom. The second-order valence-corrected chi connectivity index (χ2v) is 7.55. The fourth-order valence-electron chi connectivity index (χ4n) is 2.71. The van der Waals surface area contributed by atoms with Crippen LogP contribution in [-0.2, 0) is 4.79 Å². The quantitative estimate of drug-likeness (QED) is 0.514. The molecular weight excluding hydrogens is 400 g/mol. The lowest BCUT2D eigenvalue weighted by Gasteiger charge is -2.25. The van der Waals surface area contributed by atoms with Gasteiger partial charge in [-0.05, 0) is 42.1 Å². The maximum absolute atomic E-state index is 12.3. The molecular formula is C19H19ClN4O3S. The number of hydrazine groups is 1. The summed E-state index contributed by atoms with van der Waals surface area (Å²) in [4.78, 5) is 39.1. The van der Waals surface area contributed by atoms with Gasteiger partial charge in [-0.25, -0.2) is 10.2 Å². The van der Waals surface area contributed by atoms with Gasteiger partial charge < -0.3 is 5.32 Å². The van der Waals surface area contributed by atoms with E-state index in [1.165, 1.54) is 11.3 Å². The number of Topliss-reactive ketones (excluding diaryl/α,β-unsaturated/α-hetero) is 1. The molecule has 0 saturated heterocycles. The molecule has 146 valence electrons. The maximum Gasteiger partial charge on any atom is 0.337 e. The lowest BCUT2D eigenvalue weighted by atomic mass is 10.1. The second-order valence-electron chi connectivity index (χ2n) is 6.17. The molecule has 28 heavy (non-hydrogen) atoms. The third-order valence-corrected chi connectivity index (χ3v) is 5.24. The Kier molecular flexibility index (Phi) is 6.80. The van der Waals surface area contributed by atoms with Crippen molar-refractivity contribution >= 4 is 46.3 Å². The molecule has 0 bridgehead atoms. The highest BCUT2D eigenvalue weighted by Gasteiger charge is 2.21. The number of thiophene rings is 1. The SMILES string of the molecule is O=C(NNC(=O)C1=CCCN(CC(=O)c2cccs2)C1)Nc1ccc(Cl)cc1. The molecule has 0 saturated carbocycles. The van der Waals surface area contributed by atoms with Gasteiger partial charge in [0.2, 0.25) is 0 Å². The van der Waals surface area contributed by atoms with E-state index >= 15 is 0 Å². The van der Waals surface area contributed by atoms with Crippen molar-refractivity contribution in [2.45, 2.75) is 6.42 Å². The Hall–Kier alpha value is -2.68. The number of rotatable bonds is 5. The molecule has 0 fully saturated rings. The van der Waals surface area contributed by atoms with Crippen molar-refractivity contribution in [2.24, 2.45) is 0 Å². The van der Waals surface area contributed by atoms with E-state index in [9.17, 15) is 14.4 Å². The van der Waals surface area contributed by atoms with Gasteiger partial charge in [0.05, 0.1) is 11.4 Å². The number of ketones is 1. The number of nitrogens with one attached hydrogen (secondary N) is 3. The first kappa shape index (κ1) is 20.1. The average molecular weight is 419 g/mol. The molecule has 1 aromatic heterocycles. The second kappa shape index (κ2) is 9.50. The molecule has 7 nitrogen and oxygen atoms in total. The number of halogens is 1. The Morgan fingerprint density at radius 1 is 1.11 bits per heavy atom. The van der Waals surface area contributed by atoms with Crippen LogP contribution in [0.3, 0.4) is 0 Å². The predicted octanol–water partition coefficient (Wildman–Crippen LogP) is 3.07. The molecule has 0 aliphatic carbocycles. The van der Waals surface area contributed by atoms with Crippen LogP contribution < -0.4 is 16.2 Å². The van der Waals surface area contributed by atoms with Gasteiger partial charge in [-0.15, -0.1) is 11.3 Å². The van der Waals surface area contributed by atoms with E-state index in [1.54, 1.807) is 30.3 Å². The highest BCUT2D eigenvalue weighted by Crippen LogP contribution is 2.14. The number of benzene rings is 1. The molecule has 9 heteroatoms. The summed E-state index contributed by atoms with van der Waals surface area (Å²) in [6.07, 6.45) is 2.48. The first-order valence-corrected chi connectivity index (χ1v) is 9.88. The number of amides is 3. The van der Waals surface area contributed by atoms with Crippen molar-refractivity contribution in [1.29, 1.82) is 0 Å². The zero-order valence-corrected chi connectivity index (χ0v) is 16.5. The van der Waals surface area contributed by atoms with Crippen LogP contribution in [0.15, 0.2) is 53.4 Å². The molecule has 0 atom stereocenters. The van der Waals surface area contributed by atoms with Crippen LogP contribution in [0.25, 0.3) is 0 Å². The highest BCUT2D eigenvalue weighted by atomic mass is 35.5. The normalized spacial score (nSPS) is 14.1. The average Bonchev–Trinajstić information content (AvgIpc) is 3.23. The van der Waals surface area contributed by atoms with Crippen molar-refractivity contribution < 1.29 is 14.4 Å². The van der Waals surface area contributed by atoms with Crippen molar-refractivity contribution in [3.63, 3.8) is 0 Å². The fraction of sp³-hybridized carbons (Fsp3) is 0.211. The Bertz CT molecular complexity index is 881. The summed E-state index contributed by atoms with van der Waals surface area (Å²) < 4.78 is 0. The van der Waals surface area contributed by atoms with Gasteiger partial charge in [0, 0.05) is 29.4 Å². The third-order valence-electron chi connectivity index (χ3n) is 4.08. The van der Waals surface area contributed by atoms with Gasteiger partial charge >= 0.3 is 6.03 Å². The molecule has 2 aromatic rings. The number of nitrogens with zero attached hydrogens (tertiary/aromatic N) is 1. The molecule has 3 amide bonds. The summed E-state index contributed by atoms with van der Waals surface area (Å²) in [5, 5.41) is 5.01. The van der Waals surface area contributed by atoms with Crippen molar-refractivity contribution in [2.75, 3.05) is 25.0 Å². The largest absolute Gasteiger partial charge is 0.337 e. The van der Waals surface area contributed by atoms with Crippen LogP contribution in [0, 0.1) is 0 Å². The highest BCUT2D eigenvalue weighted by molar-refractivity contribution is 7.12. The fourth-order valence-corrected chi connectivity index (χ4v) is 3.50. The zero-order valence-electron chi connectivity index (χ0n) is 14.9. The first-order chi connectivity index (χ1) is 13.5. The van der Waals surface area contributed by atoms with E-state index in [0.717, 1.165) is 0 Å². The molecule has 0 spiro atoms. The number of hydrogen-bond acceptors (Lipinski definition) is 5. The third kappa shape index (κ3) is 5.66. The zero-order chi connectivity index (χ0) is 19.9. The van der Waals surface area contributed by atoms with Crippen LogP contribution >= 0.6 is 22.9 Å². The van der Waals surface area contributed by atoms with Crippen LogP contribution in [-0.4, -0.2) is 42.3 Å². The topological polar surface area (TPSA) is 90.5 Å². The molecule has 2 heterocycles. The minimum absolute atomic E-state index is 0.0390. The van der Waals surface area contributed by atoms with E-state index in [4.69, 9.17) is 11.6 Å². The van der Waals surface area contributed by atoms with Gasteiger partial charge in [-0.2, -0.15) is 0 Å². The van der Waals surface area contributed by atoms with Crippen LogP contribution in [0.5, 0.6) is 0 Å². The van der Waals surface area contributed by atoms with E-state index in [-0.39, 0.29) is 12.3 Å². The Morgan fingerprint density at radius 2 is 1.89 bits per heavy atom. The van der Waals surface area contributed by atoms with E-state index in [2.05, 4.69) is 16.2 Å². The number of carbonyl (C=O) groups is 3. The van der Waals surface area contributed by atoms with E-state index in [0.29, 0.717) is 40.7 Å². The standard InChI is InChI=1S/C19H19ClN4O3S/c20-14-5-7-15(8-6-14)21-19(27)23-22-18(26)13-3-1-9-24(11-13)12-16(25)17-4-2-10-28-17/h2-8,10H,1,9,11-12H2,(H,22,26)(H2,21,23,27). The van der Waals surface area contributed by atoms with Crippen LogP contribution in [0.4, 0.5) is 10.5 Å². The van der Waals surface area contributed by atoms with Crippen molar-refractivity contribution in [3.8, 4) is 0 Å². The summed E-state index contributed by atoms with van der Waals surface area (Å²) >= 11 is 7.20.